The van der Waals surface area contributed by atoms with Crippen LogP contribution in [0.15, 0.2) is 48.7 Å². The van der Waals surface area contributed by atoms with Gasteiger partial charge in [0.05, 0.1) is 11.1 Å². The molecular formula is C23H27Cl2FN4O. The fraction of sp³-hybridized carbons (Fsp3) is 0.348. The number of hydrogen-bond acceptors (Lipinski definition) is 2. The Morgan fingerprint density at radius 2 is 1.97 bits per heavy atom. The average Bonchev–Trinajstić information content (AvgIpc) is 3.27. The summed E-state index contributed by atoms with van der Waals surface area (Å²) in [6, 6.07) is 12.2. The van der Waals surface area contributed by atoms with Gasteiger partial charge in [0.15, 0.2) is 0 Å². The Balaban J connectivity index is 0.00000272. The van der Waals surface area contributed by atoms with Crippen molar-refractivity contribution >= 4 is 40.9 Å². The lowest BCUT2D eigenvalue weighted by atomic mass is 9.86. The molecule has 1 fully saturated rings. The molecule has 1 unspecified atom stereocenters. The molecule has 1 atom stereocenters. The number of nitrogens with one attached hydrogen (secondary N) is 2. The highest BCUT2D eigenvalue weighted by Gasteiger charge is 2.46. The SMILES string of the molecule is CCC1(c2cn(-c3ccc(F)cc3)c3ccc(Cl)cc23)CNC(=O)N1CCCNC.Cl. The van der Waals surface area contributed by atoms with E-state index in [1.54, 1.807) is 12.1 Å². The van der Waals surface area contributed by atoms with Crippen LogP contribution in [0.4, 0.5) is 9.18 Å². The van der Waals surface area contributed by atoms with E-state index in [0.29, 0.717) is 18.1 Å². The van der Waals surface area contributed by atoms with Gasteiger partial charge in [-0.1, -0.05) is 18.5 Å². The minimum Gasteiger partial charge on any atom is -0.335 e. The number of urea groups is 1. The lowest BCUT2D eigenvalue weighted by molar-refractivity contribution is 0.150. The van der Waals surface area contributed by atoms with Crippen molar-refractivity contribution in [3.8, 4) is 5.69 Å². The molecular weight excluding hydrogens is 438 g/mol. The first-order valence-corrected chi connectivity index (χ1v) is 10.6. The molecule has 2 amide bonds. The van der Waals surface area contributed by atoms with E-state index in [9.17, 15) is 9.18 Å². The summed E-state index contributed by atoms with van der Waals surface area (Å²) in [6.07, 6.45) is 3.70. The lowest BCUT2D eigenvalue weighted by Crippen LogP contribution is -2.45. The minimum atomic E-state index is -0.473. The Bertz CT molecular complexity index is 1070. The molecule has 31 heavy (non-hydrogen) atoms. The molecule has 0 aliphatic carbocycles. The number of fused-ring (bicyclic) bond motifs is 1. The maximum absolute atomic E-state index is 13.5. The minimum absolute atomic E-state index is 0. The van der Waals surface area contributed by atoms with Crippen LogP contribution in [0.2, 0.25) is 5.02 Å². The summed E-state index contributed by atoms with van der Waals surface area (Å²) in [5.41, 5.74) is 2.41. The van der Waals surface area contributed by atoms with Crippen molar-refractivity contribution in [2.24, 2.45) is 0 Å². The van der Waals surface area contributed by atoms with Gasteiger partial charge in [-0.15, -0.1) is 12.4 Å². The van der Waals surface area contributed by atoms with Crippen molar-refractivity contribution in [2.45, 2.75) is 25.3 Å². The normalized spacial score (nSPS) is 18.3. The fourth-order valence-corrected chi connectivity index (χ4v) is 4.64. The van der Waals surface area contributed by atoms with Crippen molar-refractivity contribution in [3.05, 3.63) is 65.1 Å². The Kier molecular flexibility index (Phi) is 7.14. The molecule has 3 aromatic rings. The summed E-state index contributed by atoms with van der Waals surface area (Å²) in [6.45, 7) is 4.14. The van der Waals surface area contributed by atoms with Crippen LogP contribution in [0.25, 0.3) is 16.6 Å². The van der Waals surface area contributed by atoms with Gasteiger partial charge >= 0.3 is 6.03 Å². The molecule has 5 nitrogen and oxygen atoms in total. The van der Waals surface area contributed by atoms with E-state index in [0.717, 1.165) is 41.5 Å². The maximum Gasteiger partial charge on any atom is 0.318 e. The molecule has 166 valence electrons. The van der Waals surface area contributed by atoms with E-state index in [4.69, 9.17) is 11.6 Å². The van der Waals surface area contributed by atoms with Crippen LogP contribution in [0, 0.1) is 5.82 Å². The number of hydrogen-bond donors (Lipinski definition) is 2. The van der Waals surface area contributed by atoms with Crippen molar-refractivity contribution in [1.82, 2.24) is 20.1 Å². The molecule has 0 saturated carbocycles. The zero-order valence-corrected chi connectivity index (χ0v) is 19.2. The summed E-state index contributed by atoms with van der Waals surface area (Å²) in [5, 5.41) is 7.84. The van der Waals surface area contributed by atoms with Crippen LogP contribution >= 0.6 is 24.0 Å². The second-order valence-corrected chi connectivity index (χ2v) is 8.14. The number of halogens is 3. The van der Waals surface area contributed by atoms with Crippen LogP contribution in [-0.4, -0.2) is 42.2 Å². The van der Waals surface area contributed by atoms with E-state index in [-0.39, 0.29) is 24.3 Å². The largest absolute Gasteiger partial charge is 0.335 e. The van der Waals surface area contributed by atoms with Crippen LogP contribution < -0.4 is 10.6 Å². The van der Waals surface area contributed by atoms with Crippen LogP contribution in [-0.2, 0) is 5.54 Å². The average molecular weight is 465 g/mol. The smallest absolute Gasteiger partial charge is 0.318 e. The summed E-state index contributed by atoms with van der Waals surface area (Å²) in [5.74, 6) is -0.273. The second-order valence-electron chi connectivity index (χ2n) is 7.70. The third-order valence-corrected chi connectivity index (χ3v) is 6.30. The molecule has 1 aliphatic rings. The molecule has 4 rings (SSSR count). The third-order valence-electron chi connectivity index (χ3n) is 6.06. The quantitative estimate of drug-likeness (QED) is 0.478. The van der Waals surface area contributed by atoms with Crippen molar-refractivity contribution in [2.75, 3.05) is 26.7 Å². The monoisotopic (exact) mass is 464 g/mol. The number of nitrogens with zero attached hydrogens (tertiary/aromatic N) is 2. The summed E-state index contributed by atoms with van der Waals surface area (Å²) in [4.78, 5) is 14.7. The molecule has 1 saturated heterocycles. The standard InChI is InChI=1S/C23H26ClFN4O.ClH/c1-3-23(15-27-22(30)29(23)12-4-11-26-2)20-14-28(18-8-6-17(25)7-9-18)21-10-5-16(24)13-19(20)21;/h5-10,13-14,26H,3-4,11-12,15H2,1-2H3,(H,27,30);1H. The zero-order chi connectivity index (χ0) is 21.3. The number of rotatable bonds is 7. The van der Waals surface area contributed by atoms with E-state index >= 15 is 0 Å². The Morgan fingerprint density at radius 1 is 1.23 bits per heavy atom. The van der Waals surface area contributed by atoms with Crippen molar-refractivity contribution in [3.63, 3.8) is 0 Å². The van der Waals surface area contributed by atoms with E-state index < -0.39 is 5.54 Å². The molecule has 2 aromatic carbocycles. The van der Waals surface area contributed by atoms with E-state index in [2.05, 4.69) is 23.8 Å². The van der Waals surface area contributed by atoms with Crippen LogP contribution in [0.1, 0.15) is 25.3 Å². The Hall–Kier alpha value is -2.28. The highest BCUT2D eigenvalue weighted by atomic mass is 35.5. The van der Waals surface area contributed by atoms with Crippen molar-refractivity contribution in [1.29, 1.82) is 0 Å². The number of benzene rings is 2. The van der Waals surface area contributed by atoms with Crippen LogP contribution in [0.3, 0.4) is 0 Å². The highest BCUT2D eigenvalue weighted by molar-refractivity contribution is 6.31. The molecule has 1 aromatic heterocycles. The molecule has 1 aliphatic heterocycles. The first-order chi connectivity index (χ1) is 14.5. The molecule has 8 heteroatoms. The highest BCUT2D eigenvalue weighted by Crippen LogP contribution is 2.41. The van der Waals surface area contributed by atoms with Gasteiger partial charge in [-0.3, -0.25) is 0 Å². The fourth-order valence-electron chi connectivity index (χ4n) is 4.47. The van der Waals surface area contributed by atoms with Crippen molar-refractivity contribution < 1.29 is 9.18 Å². The van der Waals surface area contributed by atoms with Gasteiger partial charge in [0.1, 0.15) is 5.82 Å². The molecule has 0 bridgehead atoms. The Morgan fingerprint density at radius 3 is 2.65 bits per heavy atom. The van der Waals surface area contributed by atoms with Gasteiger partial charge < -0.3 is 20.1 Å². The van der Waals surface area contributed by atoms with E-state index in [1.807, 2.05) is 34.7 Å². The van der Waals surface area contributed by atoms with Gasteiger partial charge in [-0.25, -0.2) is 9.18 Å². The Labute approximate surface area is 193 Å². The lowest BCUT2D eigenvalue weighted by Gasteiger charge is -2.36. The first kappa shape index (κ1) is 23.4. The molecule has 0 radical (unpaired) electrons. The van der Waals surface area contributed by atoms with E-state index in [1.165, 1.54) is 12.1 Å². The number of aromatic nitrogens is 1. The van der Waals surface area contributed by atoms with Crippen LogP contribution in [0.5, 0.6) is 0 Å². The van der Waals surface area contributed by atoms with Gasteiger partial charge in [-0.2, -0.15) is 0 Å². The maximum atomic E-state index is 13.5. The van der Waals surface area contributed by atoms with Gasteiger partial charge in [0.2, 0.25) is 0 Å². The number of carbonyl (C=O) groups excluding carboxylic acids is 1. The first-order valence-electron chi connectivity index (χ1n) is 10.3. The molecule has 2 heterocycles. The van der Waals surface area contributed by atoms with Gasteiger partial charge in [0.25, 0.3) is 0 Å². The number of amides is 2. The van der Waals surface area contributed by atoms with Gasteiger partial charge in [0, 0.05) is 40.9 Å². The topological polar surface area (TPSA) is 49.3 Å². The predicted molar refractivity (Wildman–Crippen MR) is 126 cm³/mol. The number of carbonyl (C=O) groups is 1. The summed E-state index contributed by atoms with van der Waals surface area (Å²) >= 11 is 6.37. The molecule has 0 spiro atoms. The third kappa shape index (κ3) is 4.12. The summed E-state index contributed by atoms with van der Waals surface area (Å²) in [7, 11) is 1.91. The zero-order valence-electron chi connectivity index (χ0n) is 17.6. The van der Waals surface area contributed by atoms with Gasteiger partial charge in [-0.05, 0) is 68.9 Å². The predicted octanol–water partition coefficient (Wildman–Crippen LogP) is 5.08. The summed E-state index contributed by atoms with van der Waals surface area (Å²) < 4.78 is 15.5. The second kappa shape index (κ2) is 9.47. The molecule has 2 N–H and O–H groups in total.